The normalized spacial score (nSPS) is 15.5. The Labute approximate surface area is 234 Å². The van der Waals surface area contributed by atoms with Crippen molar-refractivity contribution in [1.82, 2.24) is 9.97 Å². The number of halogens is 1. The number of rotatable bonds is 5. The third-order valence-electron chi connectivity index (χ3n) is 5.67. The molecule has 1 aromatic heterocycles. The number of nitrogens with one attached hydrogen (secondary N) is 1. The number of nitrogens with zero attached hydrogens (tertiary/aromatic N) is 3. The van der Waals surface area contributed by atoms with Gasteiger partial charge in [-0.25, -0.2) is 4.98 Å². The molecule has 0 radical (unpaired) electrons. The van der Waals surface area contributed by atoms with Gasteiger partial charge in [0.05, 0.1) is 11.4 Å². The fourth-order valence-electron chi connectivity index (χ4n) is 3.93. The second kappa shape index (κ2) is 10.1. The van der Waals surface area contributed by atoms with Crippen LogP contribution in [0.25, 0.3) is 10.9 Å². The van der Waals surface area contributed by atoms with Crippen molar-refractivity contribution in [1.29, 1.82) is 0 Å². The number of hydrogen-bond acceptors (Lipinski definition) is 7. The summed E-state index contributed by atoms with van der Waals surface area (Å²) in [4.78, 5) is 22.8. The third-order valence-corrected chi connectivity index (χ3v) is 5.91. The number of aromatic nitrogens is 2. The first-order valence-corrected chi connectivity index (χ1v) is 10.5. The molecule has 2 aliphatic rings. The Morgan fingerprint density at radius 3 is 2.72 bits per heavy atom. The van der Waals surface area contributed by atoms with Crippen LogP contribution in [0.4, 0.5) is 11.8 Å². The molecule has 32 heavy (non-hydrogen) atoms. The second-order valence-electron chi connectivity index (χ2n) is 7.67. The first kappa shape index (κ1) is 23.5. The Kier molecular flexibility index (Phi) is 7.43. The number of ether oxygens (including phenoxy) is 2. The van der Waals surface area contributed by atoms with Gasteiger partial charge in [0, 0.05) is 30.0 Å². The molecule has 2 aliphatic heterocycles. The molecule has 0 amide bonds. The molecule has 3 aromatic rings. The molecule has 0 unspecified atom stereocenters. The largest absolute Gasteiger partial charge is 1.00 e. The average molecular weight is 481 g/mol. The number of fused-ring (bicyclic) bond motifs is 2. The number of benzene rings is 2. The van der Waals surface area contributed by atoms with Gasteiger partial charge in [0.2, 0.25) is 12.7 Å². The van der Waals surface area contributed by atoms with Crippen molar-refractivity contribution >= 4 is 40.2 Å². The second-order valence-corrected chi connectivity index (χ2v) is 8.11. The van der Waals surface area contributed by atoms with Crippen molar-refractivity contribution in [2.75, 3.05) is 30.1 Å². The summed E-state index contributed by atoms with van der Waals surface area (Å²) in [5, 5.41) is 14.1. The van der Waals surface area contributed by atoms with Crippen LogP contribution in [-0.2, 0) is 11.3 Å². The van der Waals surface area contributed by atoms with Gasteiger partial charge in [-0.15, -0.1) is 0 Å². The van der Waals surface area contributed by atoms with Crippen LogP contribution < -0.4 is 71.1 Å². The van der Waals surface area contributed by atoms with Gasteiger partial charge in [-0.2, -0.15) is 4.98 Å². The molecule has 0 spiro atoms. The number of piperidine rings is 1. The van der Waals surface area contributed by atoms with E-state index in [9.17, 15) is 9.90 Å². The van der Waals surface area contributed by atoms with E-state index in [2.05, 4.69) is 5.32 Å². The van der Waals surface area contributed by atoms with Crippen LogP contribution in [0.1, 0.15) is 19.8 Å². The van der Waals surface area contributed by atoms with Gasteiger partial charge in [0.15, 0.2) is 11.5 Å². The molecule has 3 heterocycles. The van der Waals surface area contributed by atoms with Crippen LogP contribution in [0.5, 0.6) is 11.5 Å². The van der Waals surface area contributed by atoms with Crippen molar-refractivity contribution in [3.8, 4) is 11.5 Å². The van der Waals surface area contributed by atoms with Crippen LogP contribution in [-0.4, -0.2) is 40.9 Å². The third kappa shape index (κ3) is 4.98. The maximum absolute atomic E-state index is 11.3. The van der Waals surface area contributed by atoms with Crippen LogP contribution in [0.2, 0.25) is 5.02 Å². The summed E-state index contributed by atoms with van der Waals surface area (Å²) in [6, 6.07) is 11.3. The van der Waals surface area contributed by atoms with Crippen molar-refractivity contribution in [3.63, 3.8) is 0 Å². The van der Waals surface area contributed by atoms with E-state index < -0.39 is 5.97 Å². The molecular formula is C22H22ClKN4O4. The molecule has 8 nitrogen and oxygen atoms in total. The predicted molar refractivity (Wildman–Crippen MR) is 118 cm³/mol. The Morgan fingerprint density at radius 2 is 1.94 bits per heavy atom. The van der Waals surface area contributed by atoms with Gasteiger partial charge in [-0.3, -0.25) is 4.79 Å². The van der Waals surface area contributed by atoms with Crippen molar-refractivity contribution < 1.29 is 72.2 Å². The molecule has 1 saturated heterocycles. The Bertz CT molecular complexity index is 1160. The van der Waals surface area contributed by atoms with E-state index in [-0.39, 0.29) is 65.5 Å². The monoisotopic (exact) mass is 480 g/mol. The van der Waals surface area contributed by atoms with Gasteiger partial charge in [-0.05, 0) is 48.7 Å². The van der Waals surface area contributed by atoms with Crippen molar-refractivity contribution in [2.24, 2.45) is 5.92 Å². The minimum atomic E-state index is -0.736. The van der Waals surface area contributed by atoms with E-state index in [4.69, 9.17) is 31.0 Å². The average Bonchev–Trinajstić information content (AvgIpc) is 3.25. The van der Waals surface area contributed by atoms with Crippen LogP contribution in [0.3, 0.4) is 0 Å². The molecule has 0 saturated carbocycles. The fraction of sp³-hybridized carbons (Fsp3) is 0.318. The van der Waals surface area contributed by atoms with E-state index in [1.807, 2.05) is 35.2 Å². The number of anilines is 2. The number of hydrogen-bond donors (Lipinski definition) is 2. The number of carbonyl (C=O) groups is 1. The standard InChI is InChI=1S/C22H21ClN4O4.K.H/c23-15-2-3-17-16(10-15)20(24-11-13-1-4-18-19(9-13)31-12-30-18)26-22(25-17)27-7-5-14(6-8-27)21(28)29;;/h1-4,9-10,14H,5-8,11-12H2,(H,28,29)(H,24,25,26);;/q;+1;-1. The predicted octanol–water partition coefficient (Wildman–Crippen LogP) is 1.04. The van der Waals surface area contributed by atoms with E-state index in [0.717, 1.165) is 28.0 Å². The molecule has 1 fully saturated rings. The number of carboxylic acid groups (broad SMARTS) is 1. The maximum atomic E-state index is 11.3. The fourth-order valence-corrected chi connectivity index (χ4v) is 4.10. The van der Waals surface area contributed by atoms with E-state index in [1.165, 1.54) is 0 Å². The molecule has 2 aromatic carbocycles. The zero-order chi connectivity index (χ0) is 21.4. The Hall–Kier alpha value is -1.62. The smallest absolute Gasteiger partial charge is 1.00 e. The first-order chi connectivity index (χ1) is 15.1. The van der Waals surface area contributed by atoms with Gasteiger partial charge < -0.3 is 26.2 Å². The van der Waals surface area contributed by atoms with Gasteiger partial charge >= 0.3 is 57.4 Å². The summed E-state index contributed by atoms with van der Waals surface area (Å²) < 4.78 is 10.8. The minimum absolute atomic E-state index is 0. The van der Waals surface area contributed by atoms with Gasteiger partial charge in [0.25, 0.3) is 0 Å². The quantitative estimate of drug-likeness (QED) is 0.523. The Morgan fingerprint density at radius 1 is 1.16 bits per heavy atom. The van der Waals surface area contributed by atoms with Gasteiger partial charge in [0.1, 0.15) is 5.82 Å². The Balaban J connectivity index is 0.00000153. The zero-order valence-electron chi connectivity index (χ0n) is 18.7. The maximum Gasteiger partial charge on any atom is 1.00 e. The van der Waals surface area contributed by atoms with Crippen LogP contribution in [0.15, 0.2) is 36.4 Å². The van der Waals surface area contributed by atoms with Gasteiger partial charge in [-0.1, -0.05) is 17.7 Å². The van der Waals surface area contributed by atoms with Crippen LogP contribution >= 0.6 is 11.6 Å². The summed E-state index contributed by atoms with van der Waals surface area (Å²) in [7, 11) is 0. The topological polar surface area (TPSA) is 96.8 Å². The number of aliphatic carboxylic acids is 1. The summed E-state index contributed by atoms with van der Waals surface area (Å²) >= 11 is 6.23. The number of carboxylic acids is 1. The molecule has 0 bridgehead atoms. The summed E-state index contributed by atoms with van der Waals surface area (Å²) in [5.74, 6) is 1.71. The molecule has 0 aliphatic carbocycles. The minimum Gasteiger partial charge on any atom is -1.00 e. The van der Waals surface area contributed by atoms with Crippen LogP contribution in [0, 0.1) is 5.92 Å². The van der Waals surface area contributed by atoms with Crippen molar-refractivity contribution in [3.05, 3.63) is 47.0 Å². The summed E-state index contributed by atoms with van der Waals surface area (Å²) in [6.45, 7) is 1.99. The first-order valence-electron chi connectivity index (χ1n) is 10.1. The summed E-state index contributed by atoms with van der Waals surface area (Å²) in [5.41, 5.74) is 1.81. The van der Waals surface area contributed by atoms with Crippen molar-refractivity contribution in [2.45, 2.75) is 19.4 Å². The zero-order valence-corrected chi connectivity index (χ0v) is 21.6. The molecule has 5 rings (SSSR count). The molecule has 2 N–H and O–H groups in total. The van der Waals surface area contributed by atoms with E-state index in [1.54, 1.807) is 6.07 Å². The summed E-state index contributed by atoms with van der Waals surface area (Å²) in [6.07, 6.45) is 1.16. The molecule has 0 atom stereocenters. The molecule has 162 valence electrons. The van der Waals surface area contributed by atoms with E-state index in [0.29, 0.717) is 49.3 Å². The SMILES string of the molecule is O=C(O)C1CCN(c2nc(NCc3ccc4c(c3)OCO4)c3cc(Cl)ccc3n2)CC1.[H-].[K+]. The van der Waals surface area contributed by atoms with E-state index >= 15 is 0 Å². The molecular weight excluding hydrogens is 459 g/mol. The molecule has 10 heteroatoms.